The van der Waals surface area contributed by atoms with Gasteiger partial charge >= 0.3 is 5.97 Å². The standard InChI is InChI=1S/C29H43N3O5/c1-7-18(5)23(17-33)32-26(27(34)30-20-12-14-21(15-13-20)31(8-2)9-3)22-16-11-19(6)24(25(22)28(32)35)29(36)37-10-4/h11-16,18-19,22-26,33H,7-10,17H2,1-6H3,(H,30,34)/t18-,19+,22-,23-,24+,25+,26-/m0/s1. The van der Waals surface area contributed by atoms with Gasteiger partial charge in [-0.3, -0.25) is 14.4 Å². The second-order valence-corrected chi connectivity index (χ2v) is 10.2. The number of likely N-dealkylation sites (tertiary alicyclic amines) is 1. The van der Waals surface area contributed by atoms with Gasteiger partial charge in [0.15, 0.2) is 0 Å². The summed E-state index contributed by atoms with van der Waals surface area (Å²) in [5, 5.41) is 13.3. The Morgan fingerprint density at radius 3 is 2.30 bits per heavy atom. The van der Waals surface area contributed by atoms with E-state index in [0.717, 1.165) is 25.2 Å². The molecule has 2 N–H and O–H groups in total. The fraction of sp³-hybridized carbons (Fsp3) is 0.621. The lowest BCUT2D eigenvalue weighted by molar-refractivity contribution is -0.156. The van der Waals surface area contributed by atoms with E-state index in [-0.39, 0.29) is 36.9 Å². The Balaban J connectivity index is 1.98. The number of ether oxygens (including phenoxy) is 1. The lowest BCUT2D eigenvalue weighted by Gasteiger charge is -2.36. The smallest absolute Gasteiger partial charge is 0.310 e. The number of hydrogen-bond donors (Lipinski definition) is 2. The molecule has 0 radical (unpaired) electrons. The Bertz CT molecular complexity index is 974. The summed E-state index contributed by atoms with van der Waals surface area (Å²) in [5.41, 5.74) is 1.70. The van der Waals surface area contributed by atoms with Gasteiger partial charge in [-0.2, -0.15) is 0 Å². The quantitative estimate of drug-likeness (QED) is 0.346. The molecule has 0 bridgehead atoms. The van der Waals surface area contributed by atoms with E-state index >= 15 is 0 Å². The number of fused-ring (bicyclic) bond motifs is 1. The third kappa shape index (κ3) is 5.69. The molecule has 2 amide bonds. The molecule has 204 valence electrons. The average molecular weight is 514 g/mol. The van der Waals surface area contributed by atoms with Gasteiger partial charge in [-0.05, 0) is 56.9 Å². The topological polar surface area (TPSA) is 99.2 Å². The number of anilines is 2. The summed E-state index contributed by atoms with van der Waals surface area (Å²) in [6.45, 7) is 13.5. The zero-order chi connectivity index (χ0) is 27.3. The van der Waals surface area contributed by atoms with Gasteiger partial charge in [-0.15, -0.1) is 0 Å². The number of benzene rings is 1. The zero-order valence-electron chi connectivity index (χ0n) is 23.0. The van der Waals surface area contributed by atoms with Crippen molar-refractivity contribution in [3.63, 3.8) is 0 Å². The summed E-state index contributed by atoms with van der Waals surface area (Å²) in [5.74, 6) is -3.11. The van der Waals surface area contributed by atoms with E-state index in [9.17, 15) is 19.5 Å². The molecule has 1 aliphatic heterocycles. The summed E-state index contributed by atoms with van der Waals surface area (Å²) < 4.78 is 5.34. The van der Waals surface area contributed by atoms with Crippen LogP contribution in [-0.2, 0) is 19.1 Å². The molecule has 1 heterocycles. The van der Waals surface area contributed by atoms with Crippen molar-refractivity contribution < 1.29 is 24.2 Å². The van der Waals surface area contributed by atoms with E-state index in [1.54, 1.807) is 11.8 Å². The van der Waals surface area contributed by atoms with Gasteiger partial charge < -0.3 is 25.0 Å². The van der Waals surface area contributed by atoms with Gasteiger partial charge in [0.2, 0.25) is 11.8 Å². The first-order valence-corrected chi connectivity index (χ1v) is 13.7. The van der Waals surface area contributed by atoms with E-state index in [1.165, 1.54) is 0 Å². The number of carbonyl (C=O) groups is 3. The molecular formula is C29H43N3O5. The van der Waals surface area contributed by atoms with Crippen molar-refractivity contribution in [2.75, 3.05) is 36.5 Å². The number of aliphatic hydroxyl groups excluding tert-OH is 1. The Morgan fingerprint density at radius 1 is 1.11 bits per heavy atom. The van der Waals surface area contributed by atoms with E-state index in [2.05, 4.69) is 24.1 Å². The van der Waals surface area contributed by atoms with Crippen LogP contribution < -0.4 is 10.2 Å². The summed E-state index contributed by atoms with van der Waals surface area (Å²) in [6.07, 6.45) is 4.55. The molecule has 8 nitrogen and oxygen atoms in total. The summed E-state index contributed by atoms with van der Waals surface area (Å²) in [4.78, 5) is 44.5. The lowest BCUT2D eigenvalue weighted by atomic mass is 9.70. The Morgan fingerprint density at radius 2 is 1.76 bits per heavy atom. The predicted molar refractivity (Wildman–Crippen MR) is 145 cm³/mol. The maximum absolute atomic E-state index is 14.0. The Labute approximate surface area is 221 Å². The van der Waals surface area contributed by atoms with E-state index in [4.69, 9.17) is 4.74 Å². The average Bonchev–Trinajstić information content (AvgIpc) is 3.18. The molecule has 0 unspecified atom stereocenters. The molecule has 3 rings (SSSR count). The summed E-state index contributed by atoms with van der Waals surface area (Å²) in [7, 11) is 0. The maximum Gasteiger partial charge on any atom is 0.310 e. The van der Waals surface area contributed by atoms with Crippen LogP contribution >= 0.6 is 0 Å². The molecule has 2 aliphatic rings. The van der Waals surface area contributed by atoms with Gasteiger partial charge in [0, 0.05) is 30.4 Å². The molecule has 7 atom stereocenters. The molecule has 1 fully saturated rings. The van der Waals surface area contributed by atoms with Crippen molar-refractivity contribution in [2.24, 2.45) is 29.6 Å². The van der Waals surface area contributed by atoms with Gasteiger partial charge in [-0.25, -0.2) is 0 Å². The third-order valence-corrected chi connectivity index (χ3v) is 8.14. The highest BCUT2D eigenvalue weighted by atomic mass is 16.5. The fourth-order valence-electron chi connectivity index (χ4n) is 5.87. The minimum atomic E-state index is -0.841. The van der Waals surface area contributed by atoms with Crippen LogP contribution in [0.2, 0.25) is 0 Å². The predicted octanol–water partition coefficient (Wildman–Crippen LogP) is 3.71. The van der Waals surface area contributed by atoms with E-state index in [0.29, 0.717) is 5.69 Å². The minimum Gasteiger partial charge on any atom is -0.466 e. The summed E-state index contributed by atoms with van der Waals surface area (Å²) >= 11 is 0. The van der Waals surface area contributed by atoms with Crippen molar-refractivity contribution >= 4 is 29.2 Å². The number of carbonyl (C=O) groups excluding carboxylic acids is 3. The largest absolute Gasteiger partial charge is 0.466 e. The van der Waals surface area contributed by atoms with E-state index < -0.39 is 35.8 Å². The minimum absolute atomic E-state index is 0.0276. The van der Waals surface area contributed by atoms with Crippen molar-refractivity contribution in [3.8, 4) is 0 Å². The van der Waals surface area contributed by atoms with Gasteiger partial charge in [0.25, 0.3) is 0 Å². The second kappa shape index (κ2) is 12.6. The molecule has 1 aliphatic carbocycles. The summed E-state index contributed by atoms with van der Waals surface area (Å²) in [6, 6.07) is 6.29. The first kappa shape index (κ1) is 28.7. The molecule has 37 heavy (non-hydrogen) atoms. The molecular weight excluding hydrogens is 470 g/mol. The van der Waals surface area contributed by atoms with Crippen molar-refractivity contribution in [3.05, 3.63) is 36.4 Å². The first-order valence-electron chi connectivity index (χ1n) is 13.7. The van der Waals surface area contributed by atoms with Crippen LogP contribution in [0.15, 0.2) is 36.4 Å². The van der Waals surface area contributed by atoms with Crippen LogP contribution in [0.4, 0.5) is 11.4 Å². The second-order valence-electron chi connectivity index (χ2n) is 10.2. The van der Waals surface area contributed by atoms with Crippen LogP contribution in [0.25, 0.3) is 0 Å². The maximum atomic E-state index is 14.0. The van der Waals surface area contributed by atoms with Gasteiger partial charge in [0.05, 0.1) is 31.1 Å². The number of allylic oxidation sites excluding steroid dienone is 1. The molecule has 1 saturated heterocycles. The van der Waals surface area contributed by atoms with Crippen molar-refractivity contribution in [2.45, 2.75) is 60.0 Å². The van der Waals surface area contributed by atoms with Crippen molar-refractivity contribution in [1.29, 1.82) is 0 Å². The lowest BCUT2D eigenvalue weighted by Crippen LogP contribution is -2.52. The normalized spacial score (nSPS) is 26.4. The highest BCUT2D eigenvalue weighted by molar-refractivity contribution is 6.01. The van der Waals surface area contributed by atoms with Gasteiger partial charge in [0.1, 0.15) is 6.04 Å². The molecule has 1 aromatic carbocycles. The molecule has 0 aromatic heterocycles. The fourth-order valence-corrected chi connectivity index (χ4v) is 5.87. The van der Waals surface area contributed by atoms with Gasteiger partial charge in [-0.1, -0.05) is 39.3 Å². The third-order valence-electron chi connectivity index (χ3n) is 8.14. The number of amides is 2. The van der Waals surface area contributed by atoms with Crippen LogP contribution in [0.3, 0.4) is 0 Å². The number of esters is 1. The number of nitrogens with one attached hydrogen (secondary N) is 1. The van der Waals surface area contributed by atoms with Crippen LogP contribution in [-0.4, -0.2) is 66.2 Å². The van der Waals surface area contributed by atoms with Crippen molar-refractivity contribution in [1.82, 2.24) is 4.90 Å². The van der Waals surface area contributed by atoms with Crippen LogP contribution in [0.5, 0.6) is 0 Å². The van der Waals surface area contributed by atoms with Crippen LogP contribution in [0.1, 0.15) is 48.0 Å². The number of nitrogens with zero attached hydrogens (tertiary/aromatic N) is 2. The highest BCUT2D eigenvalue weighted by Crippen LogP contribution is 2.46. The van der Waals surface area contributed by atoms with Crippen LogP contribution in [0, 0.1) is 29.6 Å². The number of rotatable bonds is 11. The monoisotopic (exact) mass is 513 g/mol. The number of hydrogen-bond acceptors (Lipinski definition) is 6. The first-order chi connectivity index (χ1) is 17.7. The SMILES string of the molecule is CCOC(=O)[C@H]1[C@@H]2C(=O)N([C@@H](CO)[C@@H](C)CC)[C@H](C(=O)Nc3ccc(N(CC)CC)cc3)[C@H]2C=C[C@H]1C. The zero-order valence-corrected chi connectivity index (χ0v) is 23.0. The molecule has 0 spiro atoms. The Hall–Kier alpha value is -2.87. The molecule has 0 saturated carbocycles. The van der Waals surface area contributed by atoms with E-state index in [1.807, 2.05) is 57.2 Å². The number of aliphatic hydroxyl groups is 1. The molecule has 8 heteroatoms. The highest BCUT2D eigenvalue weighted by Gasteiger charge is 2.58. The molecule has 1 aromatic rings. The Kier molecular flexibility index (Phi) is 9.76.